The number of fused-ring (bicyclic) bond motifs is 2. The second kappa shape index (κ2) is 9.56. The third-order valence-electron chi connectivity index (χ3n) is 5.86. The minimum atomic E-state index is -0.515. The molecule has 174 valence electrons. The molecule has 0 saturated heterocycles. The van der Waals surface area contributed by atoms with Crippen molar-refractivity contribution < 1.29 is 23.8 Å². The lowest BCUT2D eigenvalue weighted by atomic mass is 9.85. The summed E-state index contributed by atoms with van der Waals surface area (Å²) in [5, 5.41) is 1.36. The summed E-state index contributed by atoms with van der Waals surface area (Å²) in [5.74, 6) is 0.588. The zero-order chi connectivity index (χ0) is 24.4. The maximum Gasteiger partial charge on any atom is 0.338 e. The van der Waals surface area contributed by atoms with E-state index in [2.05, 4.69) is 13.2 Å². The number of carbonyl (C=O) groups excluding carboxylic acids is 2. The Kier molecular flexibility index (Phi) is 6.55. The Morgan fingerprint density at radius 2 is 1.41 bits per heavy atom. The first-order valence-corrected chi connectivity index (χ1v) is 11.3. The first kappa shape index (κ1) is 23.3. The molecule has 5 heteroatoms. The summed E-state index contributed by atoms with van der Waals surface area (Å²) in [7, 11) is 0. The van der Waals surface area contributed by atoms with Gasteiger partial charge in [-0.15, -0.1) is 0 Å². The van der Waals surface area contributed by atoms with E-state index < -0.39 is 11.9 Å². The van der Waals surface area contributed by atoms with Crippen molar-refractivity contribution in [3.8, 4) is 17.2 Å². The molecule has 0 N–H and O–H groups in total. The van der Waals surface area contributed by atoms with E-state index in [-0.39, 0.29) is 6.10 Å². The molecule has 0 heterocycles. The third kappa shape index (κ3) is 4.60. The molecule has 0 spiro atoms. The van der Waals surface area contributed by atoms with Crippen LogP contribution in [-0.2, 0) is 16.0 Å². The Balaban J connectivity index is 1.95. The van der Waals surface area contributed by atoms with E-state index in [9.17, 15) is 9.59 Å². The summed E-state index contributed by atoms with van der Waals surface area (Å²) in [6, 6.07) is 15.3. The van der Waals surface area contributed by atoms with Gasteiger partial charge in [-0.25, -0.2) is 9.59 Å². The van der Waals surface area contributed by atoms with Crippen molar-refractivity contribution in [1.82, 2.24) is 0 Å². The molecular formula is C29H28O5. The minimum Gasteiger partial charge on any atom is -0.486 e. The van der Waals surface area contributed by atoms with Gasteiger partial charge in [-0.3, -0.25) is 0 Å². The highest BCUT2D eigenvalue weighted by Crippen LogP contribution is 2.49. The van der Waals surface area contributed by atoms with Crippen LogP contribution < -0.4 is 14.2 Å². The Morgan fingerprint density at radius 3 is 2.00 bits per heavy atom. The van der Waals surface area contributed by atoms with Gasteiger partial charge in [-0.05, 0) is 52.2 Å². The third-order valence-corrected chi connectivity index (χ3v) is 5.86. The number of esters is 2. The van der Waals surface area contributed by atoms with Gasteiger partial charge >= 0.3 is 11.9 Å². The fourth-order valence-corrected chi connectivity index (χ4v) is 4.13. The number of aryl methyl sites for hydroxylation is 1. The molecule has 0 radical (unpaired) electrons. The van der Waals surface area contributed by atoms with Crippen LogP contribution >= 0.6 is 0 Å². The van der Waals surface area contributed by atoms with Crippen molar-refractivity contribution in [2.45, 2.75) is 46.1 Å². The van der Waals surface area contributed by atoms with Crippen molar-refractivity contribution in [1.29, 1.82) is 0 Å². The van der Waals surface area contributed by atoms with Gasteiger partial charge < -0.3 is 14.2 Å². The number of carbonyl (C=O) groups is 2. The smallest absolute Gasteiger partial charge is 0.338 e. The van der Waals surface area contributed by atoms with Gasteiger partial charge in [0.15, 0.2) is 0 Å². The van der Waals surface area contributed by atoms with Crippen LogP contribution in [0.25, 0.3) is 10.8 Å². The van der Waals surface area contributed by atoms with Crippen LogP contribution in [0.3, 0.4) is 0 Å². The van der Waals surface area contributed by atoms with Crippen molar-refractivity contribution in [2.75, 3.05) is 0 Å². The standard InChI is InChI=1S/C29H28O5/c1-17(2)28(30)33-26-21-9-6-7-10-22(21)27(34-29(31)18(3)4)25-23(26)11-8-12-24(25)32-20-15-13-19(5)14-16-20/h6-7,9-10,13-16,24H,1,3,8,11-12H2,2,4-5H3. The zero-order valence-electron chi connectivity index (χ0n) is 19.8. The topological polar surface area (TPSA) is 61.8 Å². The number of rotatable bonds is 6. The zero-order valence-corrected chi connectivity index (χ0v) is 19.8. The molecule has 1 aliphatic rings. The van der Waals surface area contributed by atoms with Gasteiger partial charge in [0.05, 0.1) is 0 Å². The monoisotopic (exact) mass is 456 g/mol. The van der Waals surface area contributed by atoms with Crippen molar-refractivity contribution in [2.24, 2.45) is 0 Å². The first-order valence-electron chi connectivity index (χ1n) is 11.3. The van der Waals surface area contributed by atoms with Crippen LogP contribution in [-0.4, -0.2) is 11.9 Å². The molecule has 1 aliphatic carbocycles. The second-order valence-electron chi connectivity index (χ2n) is 8.75. The Morgan fingerprint density at radius 1 is 0.853 bits per heavy atom. The Bertz CT molecular complexity index is 1300. The van der Waals surface area contributed by atoms with E-state index in [1.807, 2.05) is 55.5 Å². The molecule has 0 amide bonds. The van der Waals surface area contributed by atoms with Gasteiger partial charge in [0.25, 0.3) is 0 Å². The molecule has 3 aromatic rings. The summed E-state index contributed by atoms with van der Waals surface area (Å²) < 4.78 is 18.2. The van der Waals surface area contributed by atoms with Crippen LogP contribution in [0, 0.1) is 6.92 Å². The molecule has 5 nitrogen and oxygen atoms in total. The molecule has 0 saturated carbocycles. The Hall–Kier alpha value is -3.86. The van der Waals surface area contributed by atoms with Gasteiger partial charge in [0, 0.05) is 33.0 Å². The molecule has 0 aliphatic heterocycles. The van der Waals surface area contributed by atoms with E-state index in [0.29, 0.717) is 45.6 Å². The minimum absolute atomic E-state index is 0.294. The van der Waals surface area contributed by atoms with Crippen molar-refractivity contribution in [3.05, 3.63) is 89.5 Å². The van der Waals surface area contributed by atoms with Crippen LogP contribution in [0.1, 0.15) is 49.5 Å². The maximum absolute atomic E-state index is 12.6. The molecule has 34 heavy (non-hydrogen) atoms. The molecule has 0 bridgehead atoms. The van der Waals surface area contributed by atoms with Crippen LogP contribution in [0.2, 0.25) is 0 Å². The van der Waals surface area contributed by atoms with E-state index in [1.54, 1.807) is 13.8 Å². The predicted molar refractivity (Wildman–Crippen MR) is 132 cm³/mol. The van der Waals surface area contributed by atoms with Gasteiger partial charge in [-0.2, -0.15) is 0 Å². The lowest BCUT2D eigenvalue weighted by Crippen LogP contribution is -2.21. The average molecular weight is 457 g/mol. The number of hydrogen-bond acceptors (Lipinski definition) is 5. The van der Waals surface area contributed by atoms with Crippen LogP contribution in [0.5, 0.6) is 17.2 Å². The predicted octanol–water partition coefficient (Wildman–Crippen LogP) is 6.57. The molecule has 0 fully saturated rings. The molecule has 1 unspecified atom stereocenters. The summed E-state index contributed by atoms with van der Waals surface area (Å²) in [6.07, 6.45) is 1.83. The normalized spacial score (nSPS) is 14.7. The number of ether oxygens (including phenoxy) is 3. The first-order chi connectivity index (χ1) is 16.3. The number of benzene rings is 3. The van der Waals surface area contributed by atoms with E-state index in [4.69, 9.17) is 14.2 Å². The highest BCUT2D eigenvalue weighted by Gasteiger charge is 2.33. The van der Waals surface area contributed by atoms with Gasteiger partial charge in [0.2, 0.25) is 0 Å². The summed E-state index contributed by atoms with van der Waals surface area (Å²) in [6.45, 7) is 12.7. The van der Waals surface area contributed by atoms with E-state index in [1.165, 1.54) is 0 Å². The SMILES string of the molecule is C=C(C)C(=O)Oc1c2c(c(OC(=O)C(=C)C)c3ccccc13)C(Oc1ccc(C)cc1)CCC2. The summed E-state index contributed by atoms with van der Waals surface area (Å²) in [4.78, 5) is 25.2. The highest BCUT2D eigenvalue weighted by molar-refractivity contribution is 6.01. The van der Waals surface area contributed by atoms with Gasteiger partial charge in [-0.1, -0.05) is 55.1 Å². The highest BCUT2D eigenvalue weighted by atomic mass is 16.5. The van der Waals surface area contributed by atoms with Crippen LogP contribution in [0.4, 0.5) is 0 Å². The fraction of sp³-hybridized carbons (Fsp3) is 0.241. The van der Waals surface area contributed by atoms with Crippen molar-refractivity contribution >= 4 is 22.7 Å². The van der Waals surface area contributed by atoms with Crippen molar-refractivity contribution in [3.63, 3.8) is 0 Å². The quantitative estimate of drug-likeness (QED) is 0.239. The molecule has 3 aromatic carbocycles. The van der Waals surface area contributed by atoms with E-state index in [0.717, 1.165) is 29.5 Å². The summed E-state index contributed by atoms with van der Waals surface area (Å²) >= 11 is 0. The second-order valence-corrected chi connectivity index (χ2v) is 8.75. The van der Waals surface area contributed by atoms with E-state index >= 15 is 0 Å². The maximum atomic E-state index is 12.6. The van der Waals surface area contributed by atoms with Crippen LogP contribution in [0.15, 0.2) is 72.8 Å². The largest absolute Gasteiger partial charge is 0.486 e. The fourth-order valence-electron chi connectivity index (χ4n) is 4.13. The molecule has 4 rings (SSSR count). The lowest BCUT2D eigenvalue weighted by molar-refractivity contribution is -0.131. The van der Waals surface area contributed by atoms with Gasteiger partial charge in [0.1, 0.15) is 23.4 Å². The number of hydrogen-bond donors (Lipinski definition) is 0. The molecular weight excluding hydrogens is 428 g/mol. The lowest BCUT2D eigenvalue weighted by Gasteiger charge is -2.30. The average Bonchev–Trinajstić information content (AvgIpc) is 2.82. The molecule has 0 aromatic heterocycles. The molecule has 1 atom stereocenters. The summed E-state index contributed by atoms with van der Waals surface area (Å²) in [5.41, 5.74) is 3.26. The Labute approximate surface area is 199 Å².